The van der Waals surface area contributed by atoms with Crippen LogP contribution in [0.4, 0.5) is 11.4 Å². The second kappa shape index (κ2) is 12.1. The fourth-order valence-corrected chi connectivity index (χ4v) is 4.68. The molecule has 0 unspecified atom stereocenters. The van der Waals surface area contributed by atoms with E-state index >= 15 is 0 Å². The van der Waals surface area contributed by atoms with Gasteiger partial charge < -0.3 is 19.4 Å². The number of hydrogen-bond acceptors (Lipinski definition) is 5. The summed E-state index contributed by atoms with van der Waals surface area (Å²) >= 11 is 9.71. The third-order valence-electron chi connectivity index (χ3n) is 5.95. The molecule has 0 bridgehead atoms. The summed E-state index contributed by atoms with van der Waals surface area (Å²) in [7, 11) is 0. The molecule has 9 heteroatoms. The highest BCUT2D eigenvalue weighted by molar-refractivity contribution is 9.10. The van der Waals surface area contributed by atoms with Gasteiger partial charge in [0.05, 0.1) is 11.4 Å². The Morgan fingerprint density at radius 3 is 2.43 bits per heavy atom. The van der Waals surface area contributed by atoms with E-state index in [4.69, 9.17) is 16.3 Å². The summed E-state index contributed by atoms with van der Waals surface area (Å²) < 4.78 is 6.55. The minimum atomic E-state index is -0.939. The van der Waals surface area contributed by atoms with Crippen molar-refractivity contribution in [1.29, 1.82) is 0 Å². The number of hydrogen-bond donors (Lipinski definition) is 0. The Kier molecular flexibility index (Phi) is 9.42. The minimum absolute atomic E-state index is 0.171. The first-order valence-electron chi connectivity index (χ1n) is 12.2. The van der Waals surface area contributed by atoms with Crippen LogP contribution in [-0.2, 0) is 25.5 Å². The number of amides is 2. The molecule has 1 aliphatic heterocycles. The molecule has 0 aliphatic carbocycles. The van der Waals surface area contributed by atoms with Crippen LogP contribution in [0, 0.1) is 0 Å². The van der Waals surface area contributed by atoms with Gasteiger partial charge in [-0.1, -0.05) is 45.7 Å². The Hall–Kier alpha value is -2.84. The van der Waals surface area contributed by atoms with E-state index in [2.05, 4.69) is 22.5 Å². The zero-order valence-electron chi connectivity index (χ0n) is 21.7. The van der Waals surface area contributed by atoms with E-state index in [1.54, 1.807) is 39.0 Å². The number of likely N-dealkylation sites (N-methyl/N-ethyl adjacent to an activating group) is 1. The van der Waals surface area contributed by atoms with Gasteiger partial charge in [-0.15, -0.1) is 6.58 Å². The average molecular weight is 591 g/mol. The number of rotatable bonds is 9. The number of esters is 1. The molecule has 3 rings (SSSR count). The van der Waals surface area contributed by atoms with Gasteiger partial charge in [0.25, 0.3) is 0 Å². The highest BCUT2D eigenvalue weighted by atomic mass is 79.9. The van der Waals surface area contributed by atoms with Gasteiger partial charge in [0.2, 0.25) is 0 Å². The number of piperazine rings is 1. The molecule has 7 nitrogen and oxygen atoms in total. The van der Waals surface area contributed by atoms with Crippen molar-refractivity contribution in [2.75, 3.05) is 36.0 Å². The predicted molar refractivity (Wildman–Crippen MR) is 151 cm³/mol. The Morgan fingerprint density at radius 1 is 1.16 bits per heavy atom. The second-order valence-corrected chi connectivity index (χ2v) is 11.1. The molecule has 0 saturated carbocycles. The van der Waals surface area contributed by atoms with E-state index < -0.39 is 29.4 Å². The second-order valence-electron chi connectivity index (χ2n) is 9.80. The lowest BCUT2D eigenvalue weighted by Crippen LogP contribution is -2.60. The van der Waals surface area contributed by atoms with Crippen molar-refractivity contribution >= 4 is 56.7 Å². The largest absolute Gasteiger partial charge is 0.458 e. The van der Waals surface area contributed by atoms with E-state index in [-0.39, 0.29) is 19.5 Å². The third-order valence-corrected chi connectivity index (χ3v) is 6.71. The van der Waals surface area contributed by atoms with Crippen LogP contribution < -0.4 is 9.80 Å². The zero-order chi connectivity index (χ0) is 27.3. The number of nitrogens with zero attached hydrogens (tertiary/aromatic N) is 3. The molecule has 1 heterocycles. The number of ether oxygens (including phenoxy) is 1. The smallest absolute Gasteiger partial charge is 0.329 e. The Labute approximate surface area is 232 Å². The van der Waals surface area contributed by atoms with Gasteiger partial charge in [0.1, 0.15) is 11.6 Å². The van der Waals surface area contributed by atoms with Crippen LogP contribution in [0.15, 0.2) is 59.6 Å². The first-order chi connectivity index (χ1) is 17.4. The van der Waals surface area contributed by atoms with E-state index in [0.717, 1.165) is 15.7 Å². The lowest BCUT2D eigenvalue weighted by molar-refractivity contribution is -0.166. The highest BCUT2D eigenvalue weighted by Gasteiger charge is 2.42. The van der Waals surface area contributed by atoms with E-state index in [1.165, 1.54) is 9.80 Å². The SMILES string of the molecule is C=CCN(CC)c1ccc(Cl)cc1N1CCN([C@@H](Cc2ccc(Br)cc2)C(=O)OC(C)(C)C)C(=O)C1=O. The van der Waals surface area contributed by atoms with Gasteiger partial charge in [-0.3, -0.25) is 9.59 Å². The summed E-state index contributed by atoms with van der Waals surface area (Å²) in [5.74, 6) is -2.01. The van der Waals surface area contributed by atoms with Crippen LogP contribution in [0.3, 0.4) is 0 Å². The lowest BCUT2D eigenvalue weighted by Gasteiger charge is -2.39. The van der Waals surface area contributed by atoms with Crippen molar-refractivity contribution < 1.29 is 19.1 Å². The predicted octanol–water partition coefficient (Wildman–Crippen LogP) is 5.24. The van der Waals surface area contributed by atoms with E-state index in [1.807, 2.05) is 42.2 Å². The van der Waals surface area contributed by atoms with Crippen LogP contribution in [0.2, 0.25) is 5.02 Å². The molecule has 0 N–H and O–H groups in total. The van der Waals surface area contributed by atoms with Crippen molar-refractivity contribution in [2.24, 2.45) is 0 Å². The molecule has 0 spiro atoms. The zero-order valence-corrected chi connectivity index (χ0v) is 24.0. The summed E-state index contributed by atoms with van der Waals surface area (Å²) in [6.45, 7) is 12.8. The monoisotopic (exact) mass is 589 g/mol. The fourth-order valence-electron chi connectivity index (χ4n) is 4.24. The van der Waals surface area contributed by atoms with Gasteiger partial charge in [-0.25, -0.2) is 4.79 Å². The standard InChI is InChI=1S/C28H33BrClN3O4/c1-6-14-31(7-2)22-13-12-21(30)18-23(22)32-15-16-33(26(35)25(32)34)24(27(36)37-28(3,4)5)17-19-8-10-20(29)11-9-19/h6,8-13,18,24H,1,7,14-17H2,2-5H3/t24-/m0/s1. The van der Waals surface area contributed by atoms with Crippen molar-refractivity contribution in [2.45, 2.75) is 45.8 Å². The molecular weight excluding hydrogens is 558 g/mol. The molecule has 1 aliphatic rings. The molecule has 2 aromatic carbocycles. The first-order valence-corrected chi connectivity index (χ1v) is 13.4. The van der Waals surface area contributed by atoms with Gasteiger partial charge in [-0.05, 0) is 63.6 Å². The summed E-state index contributed by atoms with van der Waals surface area (Å²) in [5.41, 5.74) is 1.44. The van der Waals surface area contributed by atoms with Gasteiger partial charge in [-0.2, -0.15) is 0 Å². The fraction of sp³-hybridized carbons (Fsp3) is 0.393. The molecular formula is C28H33BrClN3O4. The Balaban J connectivity index is 1.93. The molecule has 1 atom stereocenters. The van der Waals surface area contributed by atoms with Crippen LogP contribution in [0.25, 0.3) is 0 Å². The van der Waals surface area contributed by atoms with Gasteiger partial charge >= 0.3 is 17.8 Å². The van der Waals surface area contributed by atoms with Crippen LogP contribution in [0.5, 0.6) is 0 Å². The Bertz CT molecular complexity index is 1160. The average Bonchev–Trinajstić information content (AvgIpc) is 2.83. The van der Waals surface area contributed by atoms with Crippen LogP contribution >= 0.6 is 27.5 Å². The van der Waals surface area contributed by atoms with Gasteiger partial charge in [0.15, 0.2) is 0 Å². The van der Waals surface area contributed by atoms with Crippen molar-refractivity contribution in [3.05, 3.63) is 70.2 Å². The maximum absolute atomic E-state index is 13.5. The summed E-state index contributed by atoms with van der Waals surface area (Å²) in [6.07, 6.45) is 2.01. The topological polar surface area (TPSA) is 70.2 Å². The highest BCUT2D eigenvalue weighted by Crippen LogP contribution is 2.34. The molecule has 0 radical (unpaired) electrons. The van der Waals surface area contributed by atoms with Crippen molar-refractivity contribution in [1.82, 2.24) is 4.90 Å². The number of carbonyl (C=O) groups is 3. The summed E-state index contributed by atoms with van der Waals surface area (Å²) in [5, 5.41) is 0.456. The minimum Gasteiger partial charge on any atom is -0.458 e. The van der Waals surface area contributed by atoms with Crippen LogP contribution in [0.1, 0.15) is 33.3 Å². The van der Waals surface area contributed by atoms with Crippen molar-refractivity contribution in [3.63, 3.8) is 0 Å². The van der Waals surface area contributed by atoms with Crippen molar-refractivity contribution in [3.8, 4) is 0 Å². The first kappa shape index (κ1) is 28.7. The quantitative estimate of drug-likeness (QED) is 0.227. The molecule has 0 aromatic heterocycles. The number of benzene rings is 2. The molecule has 1 saturated heterocycles. The Morgan fingerprint density at radius 2 is 1.84 bits per heavy atom. The maximum atomic E-state index is 13.5. The number of anilines is 2. The van der Waals surface area contributed by atoms with E-state index in [9.17, 15) is 14.4 Å². The molecule has 2 aromatic rings. The van der Waals surface area contributed by atoms with E-state index in [0.29, 0.717) is 23.8 Å². The molecule has 37 heavy (non-hydrogen) atoms. The summed E-state index contributed by atoms with van der Waals surface area (Å²) in [4.78, 5) is 45.0. The molecule has 2 amide bonds. The molecule has 1 fully saturated rings. The number of halogens is 2. The van der Waals surface area contributed by atoms with Crippen LogP contribution in [-0.4, -0.2) is 60.5 Å². The number of carbonyl (C=O) groups excluding carboxylic acids is 3. The lowest BCUT2D eigenvalue weighted by atomic mass is 10.0. The molecule has 198 valence electrons. The maximum Gasteiger partial charge on any atom is 0.329 e. The van der Waals surface area contributed by atoms with Gasteiger partial charge in [0, 0.05) is 42.1 Å². The third kappa shape index (κ3) is 7.14. The summed E-state index contributed by atoms with van der Waals surface area (Å²) in [6, 6.07) is 11.8. The normalized spacial score (nSPS) is 15.0.